The Balaban J connectivity index is 1.98. The van der Waals surface area contributed by atoms with E-state index in [1.807, 2.05) is 6.07 Å². The highest BCUT2D eigenvalue weighted by Crippen LogP contribution is 2.50. The van der Waals surface area contributed by atoms with Crippen molar-refractivity contribution in [2.75, 3.05) is 4.90 Å². The normalized spacial score (nSPS) is 22.6. The van der Waals surface area contributed by atoms with Crippen LogP contribution in [0.1, 0.15) is 46.6 Å². The fraction of sp³-hybridized carbons (Fsp3) is 0.476. The van der Waals surface area contributed by atoms with Crippen LogP contribution >= 0.6 is 0 Å². The number of benzene rings is 1. The van der Waals surface area contributed by atoms with E-state index in [1.54, 1.807) is 6.20 Å². The lowest BCUT2D eigenvalue weighted by Gasteiger charge is -2.38. The molecular formula is C21H26N2O. The molecule has 0 aliphatic carbocycles. The molecule has 1 fully saturated rings. The van der Waals surface area contributed by atoms with E-state index in [1.165, 1.54) is 23.1 Å². The number of nitrogens with zero attached hydrogens (tertiary/aromatic N) is 2. The molecule has 1 saturated heterocycles. The van der Waals surface area contributed by atoms with Gasteiger partial charge in [0.2, 0.25) is 5.71 Å². The second-order valence-corrected chi connectivity index (χ2v) is 8.56. The van der Waals surface area contributed by atoms with E-state index in [9.17, 15) is 0 Å². The third-order valence-electron chi connectivity index (χ3n) is 5.96. The monoisotopic (exact) mass is 322 g/mol. The minimum atomic E-state index is 0.138. The Labute approximate surface area is 143 Å². The summed E-state index contributed by atoms with van der Waals surface area (Å²) in [6, 6.07) is 8.90. The number of hydrogen-bond acceptors (Lipinski definition) is 3. The molecule has 3 heterocycles. The average Bonchev–Trinajstić information content (AvgIpc) is 2.94. The Bertz CT molecular complexity index is 936. The zero-order chi connectivity index (χ0) is 17.3. The summed E-state index contributed by atoms with van der Waals surface area (Å²) in [4.78, 5) is 6.98. The van der Waals surface area contributed by atoms with Crippen LogP contribution in [0.3, 0.4) is 0 Å². The van der Waals surface area contributed by atoms with Crippen molar-refractivity contribution in [2.24, 2.45) is 5.41 Å². The third kappa shape index (κ3) is 2.00. The van der Waals surface area contributed by atoms with Gasteiger partial charge in [0.15, 0.2) is 0 Å². The van der Waals surface area contributed by atoms with Crippen LogP contribution in [0, 0.1) is 12.3 Å². The first-order valence-electron chi connectivity index (χ1n) is 8.78. The van der Waals surface area contributed by atoms with Gasteiger partial charge in [0, 0.05) is 34.2 Å². The number of anilines is 1. The quantitative estimate of drug-likeness (QED) is 0.576. The van der Waals surface area contributed by atoms with E-state index in [0.29, 0.717) is 11.5 Å². The molecule has 3 aromatic rings. The van der Waals surface area contributed by atoms with Crippen molar-refractivity contribution in [2.45, 2.75) is 59.5 Å². The molecule has 1 atom stereocenters. The van der Waals surface area contributed by atoms with Crippen molar-refractivity contribution < 1.29 is 4.42 Å². The van der Waals surface area contributed by atoms with Crippen molar-refractivity contribution in [3.05, 3.63) is 36.0 Å². The summed E-state index contributed by atoms with van der Waals surface area (Å²) in [5.41, 5.74) is 4.69. The SMILES string of the molecule is Cc1c(N2[C@@H](C)C(C)(C)CC2(C)C)ccc2oc3ncccc3c12. The lowest BCUT2D eigenvalue weighted by atomic mass is 9.82. The lowest BCUT2D eigenvalue weighted by Crippen LogP contribution is -2.43. The standard InChI is InChI=1S/C21H26N2O/c1-13-16(23-14(2)20(3,4)12-21(23,5)6)9-10-17-18(13)15-8-7-11-22-19(15)24-17/h7-11,14H,12H2,1-6H3/t14-/m0/s1. The van der Waals surface area contributed by atoms with Crippen molar-refractivity contribution in [3.63, 3.8) is 0 Å². The minimum Gasteiger partial charge on any atom is -0.438 e. The molecule has 0 radical (unpaired) electrons. The van der Waals surface area contributed by atoms with E-state index in [4.69, 9.17) is 4.42 Å². The molecule has 4 rings (SSSR count). The van der Waals surface area contributed by atoms with Crippen LogP contribution in [-0.4, -0.2) is 16.6 Å². The van der Waals surface area contributed by atoms with Gasteiger partial charge in [-0.3, -0.25) is 0 Å². The molecule has 0 unspecified atom stereocenters. The van der Waals surface area contributed by atoms with Gasteiger partial charge in [-0.15, -0.1) is 0 Å². The van der Waals surface area contributed by atoms with Crippen LogP contribution in [0.15, 0.2) is 34.9 Å². The zero-order valence-corrected chi connectivity index (χ0v) is 15.5. The number of furan rings is 1. The molecule has 0 saturated carbocycles. The molecule has 3 heteroatoms. The highest BCUT2D eigenvalue weighted by atomic mass is 16.3. The van der Waals surface area contributed by atoms with Gasteiger partial charge in [-0.1, -0.05) is 13.8 Å². The van der Waals surface area contributed by atoms with Crippen molar-refractivity contribution in [3.8, 4) is 0 Å². The largest absolute Gasteiger partial charge is 0.438 e. The lowest BCUT2D eigenvalue weighted by molar-refractivity contribution is 0.329. The highest BCUT2D eigenvalue weighted by molar-refractivity contribution is 6.07. The molecule has 0 bridgehead atoms. The second kappa shape index (κ2) is 4.75. The van der Waals surface area contributed by atoms with E-state index < -0.39 is 0 Å². The van der Waals surface area contributed by atoms with Gasteiger partial charge in [-0.2, -0.15) is 0 Å². The molecule has 0 amide bonds. The molecule has 0 N–H and O–H groups in total. The molecular weight excluding hydrogens is 296 g/mol. The maximum absolute atomic E-state index is 5.94. The van der Waals surface area contributed by atoms with E-state index in [-0.39, 0.29) is 5.54 Å². The highest BCUT2D eigenvalue weighted by Gasteiger charge is 2.48. The Morgan fingerprint density at radius 2 is 1.92 bits per heavy atom. The number of aryl methyl sites for hydroxylation is 1. The van der Waals surface area contributed by atoms with Crippen LogP contribution in [0.2, 0.25) is 0 Å². The fourth-order valence-corrected chi connectivity index (χ4v) is 4.88. The summed E-state index contributed by atoms with van der Waals surface area (Å²) < 4.78 is 5.94. The van der Waals surface area contributed by atoms with E-state index in [0.717, 1.165) is 16.7 Å². The Morgan fingerprint density at radius 1 is 1.17 bits per heavy atom. The molecule has 1 aliphatic heterocycles. The number of fused-ring (bicyclic) bond motifs is 3. The van der Waals surface area contributed by atoms with Gasteiger partial charge in [0.1, 0.15) is 5.58 Å². The third-order valence-corrected chi connectivity index (χ3v) is 5.96. The summed E-state index contributed by atoms with van der Waals surface area (Å²) in [6.07, 6.45) is 2.97. The van der Waals surface area contributed by atoms with Gasteiger partial charge in [-0.25, -0.2) is 4.98 Å². The van der Waals surface area contributed by atoms with Crippen LogP contribution in [0.25, 0.3) is 22.1 Å². The summed E-state index contributed by atoms with van der Waals surface area (Å²) in [6.45, 7) is 14.0. The van der Waals surface area contributed by atoms with Crippen LogP contribution < -0.4 is 4.90 Å². The average molecular weight is 322 g/mol. The van der Waals surface area contributed by atoms with Gasteiger partial charge in [0.25, 0.3) is 0 Å². The minimum absolute atomic E-state index is 0.138. The molecule has 126 valence electrons. The van der Waals surface area contributed by atoms with Crippen LogP contribution in [0.5, 0.6) is 0 Å². The zero-order valence-electron chi connectivity index (χ0n) is 15.5. The number of aromatic nitrogens is 1. The van der Waals surface area contributed by atoms with Crippen LogP contribution in [0.4, 0.5) is 5.69 Å². The summed E-state index contributed by atoms with van der Waals surface area (Å²) in [5.74, 6) is 0. The summed E-state index contributed by atoms with van der Waals surface area (Å²) >= 11 is 0. The number of rotatable bonds is 1. The van der Waals surface area contributed by atoms with Crippen molar-refractivity contribution in [1.82, 2.24) is 4.98 Å². The van der Waals surface area contributed by atoms with Crippen molar-refractivity contribution in [1.29, 1.82) is 0 Å². The predicted molar refractivity (Wildman–Crippen MR) is 101 cm³/mol. The Hall–Kier alpha value is -2.03. The van der Waals surface area contributed by atoms with Crippen molar-refractivity contribution >= 4 is 27.8 Å². The van der Waals surface area contributed by atoms with Gasteiger partial charge < -0.3 is 9.32 Å². The molecule has 1 aromatic carbocycles. The smallest absolute Gasteiger partial charge is 0.227 e. The van der Waals surface area contributed by atoms with Gasteiger partial charge in [-0.05, 0) is 69.4 Å². The molecule has 3 nitrogen and oxygen atoms in total. The maximum atomic E-state index is 5.94. The first-order chi connectivity index (χ1) is 11.2. The predicted octanol–water partition coefficient (Wildman–Crippen LogP) is 5.69. The topological polar surface area (TPSA) is 29.3 Å². The maximum Gasteiger partial charge on any atom is 0.227 e. The fourth-order valence-electron chi connectivity index (χ4n) is 4.88. The Kier molecular flexibility index (Phi) is 3.07. The first-order valence-corrected chi connectivity index (χ1v) is 8.78. The summed E-state index contributed by atoms with van der Waals surface area (Å²) in [5, 5.41) is 2.30. The first kappa shape index (κ1) is 15.5. The molecule has 24 heavy (non-hydrogen) atoms. The summed E-state index contributed by atoms with van der Waals surface area (Å²) in [7, 11) is 0. The molecule has 2 aromatic heterocycles. The molecule has 0 spiro atoms. The van der Waals surface area contributed by atoms with Gasteiger partial charge >= 0.3 is 0 Å². The van der Waals surface area contributed by atoms with Gasteiger partial charge in [0.05, 0.1) is 0 Å². The Morgan fingerprint density at radius 3 is 2.58 bits per heavy atom. The number of pyridine rings is 1. The number of hydrogen-bond donors (Lipinski definition) is 0. The van der Waals surface area contributed by atoms with E-state index in [2.05, 4.69) is 69.6 Å². The second-order valence-electron chi connectivity index (χ2n) is 8.56. The molecule has 1 aliphatic rings. The van der Waals surface area contributed by atoms with E-state index >= 15 is 0 Å². The van der Waals surface area contributed by atoms with Crippen LogP contribution in [-0.2, 0) is 0 Å².